The topological polar surface area (TPSA) is 86.2 Å². The second kappa shape index (κ2) is 7.90. The lowest BCUT2D eigenvalue weighted by Gasteiger charge is -2.45. The molecule has 0 aromatic heterocycles. The van der Waals surface area contributed by atoms with Crippen molar-refractivity contribution in [3.05, 3.63) is 40.4 Å². The number of nitrogens with zero attached hydrogens (tertiary/aromatic N) is 2. The molecule has 0 radical (unpaired) electrons. The molecule has 1 aromatic carbocycles. The summed E-state index contributed by atoms with van der Waals surface area (Å²) in [4.78, 5) is 8.28. The van der Waals surface area contributed by atoms with Crippen LogP contribution in [-0.4, -0.2) is 63.9 Å². The van der Waals surface area contributed by atoms with Crippen molar-refractivity contribution < 1.29 is 14.1 Å². The first-order chi connectivity index (χ1) is 15.0. The van der Waals surface area contributed by atoms with Crippen molar-refractivity contribution in [2.24, 2.45) is 4.99 Å². The number of hydrogen-bond acceptors (Lipinski definition) is 7. The smallest absolute Gasteiger partial charge is 0.186 e. The Balaban J connectivity index is 1.33. The predicted octanol–water partition coefficient (Wildman–Crippen LogP) is 2.03. The molecule has 4 aliphatic rings. The number of rotatable bonds is 5. The molecule has 3 N–H and O–H groups in total. The van der Waals surface area contributed by atoms with Crippen LogP contribution in [0.2, 0.25) is 0 Å². The van der Waals surface area contributed by atoms with Gasteiger partial charge in [-0.1, -0.05) is 12.1 Å². The van der Waals surface area contributed by atoms with E-state index in [1.54, 1.807) is 7.11 Å². The van der Waals surface area contributed by atoms with E-state index in [4.69, 9.17) is 9.73 Å². The zero-order chi connectivity index (χ0) is 21.6. The summed E-state index contributed by atoms with van der Waals surface area (Å²) in [6.07, 6.45) is 4.78. The fourth-order valence-electron chi connectivity index (χ4n) is 4.98. The lowest BCUT2D eigenvalue weighted by atomic mass is 9.89. The lowest BCUT2D eigenvalue weighted by Crippen LogP contribution is -2.60. The number of amidine groups is 1. The first-order valence-corrected chi connectivity index (χ1v) is 12.6. The minimum atomic E-state index is -1.04. The zero-order valence-electron chi connectivity index (χ0n) is 18.3. The fraction of sp³-hybridized carbons (Fsp3) is 0.609. The Morgan fingerprint density at radius 1 is 1.29 bits per heavy atom. The molecule has 168 valence electrons. The van der Waals surface area contributed by atoms with Gasteiger partial charge in [-0.15, -0.1) is 0 Å². The summed E-state index contributed by atoms with van der Waals surface area (Å²) < 4.78 is 17.9. The Bertz CT molecular complexity index is 933. The summed E-state index contributed by atoms with van der Waals surface area (Å²) in [6, 6.07) is 8.43. The van der Waals surface area contributed by atoms with Crippen LogP contribution in [0.4, 0.5) is 0 Å². The van der Waals surface area contributed by atoms with Crippen LogP contribution >= 0.6 is 0 Å². The molecule has 3 aliphatic heterocycles. The summed E-state index contributed by atoms with van der Waals surface area (Å²) >= 11 is 0. The van der Waals surface area contributed by atoms with Gasteiger partial charge < -0.3 is 20.5 Å². The van der Waals surface area contributed by atoms with Gasteiger partial charge in [0.2, 0.25) is 0 Å². The first kappa shape index (κ1) is 21.0. The third kappa shape index (κ3) is 3.90. The highest BCUT2D eigenvalue weighted by molar-refractivity contribution is 7.90. The number of aliphatic hydroxyl groups is 1. The van der Waals surface area contributed by atoms with Crippen molar-refractivity contribution in [1.82, 2.24) is 15.5 Å². The third-order valence-electron chi connectivity index (χ3n) is 7.21. The van der Waals surface area contributed by atoms with Crippen molar-refractivity contribution in [3.8, 4) is 5.75 Å². The SMILES string of the molecule is COc1ccc(C2CCN(C3(C)N=C(NC4(CO)CC4)C4=C(CCS4=O)N3)CC2)cc1. The van der Waals surface area contributed by atoms with Crippen molar-refractivity contribution >= 4 is 16.6 Å². The standard InChI is InChI=1S/C23H32N4O3S/c1-22(27-12-7-17(8-13-27)16-3-5-18(30-2)6-4-16)24-19-9-14-31(29)20(19)21(25-22)26-23(15-28)10-11-23/h3-6,17,24,28H,7-15H2,1-2H3,(H,25,26). The van der Waals surface area contributed by atoms with Gasteiger partial charge in [-0.2, -0.15) is 0 Å². The molecular formula is C23H32N4O3S. The van der Waals surface area contributed by atoms with Gasteiger partial charge in [0.25, 0.3) is 0 Å². The van der Waals surface area contributed by atoms with Gasteiger partial charge >= 0.3 is 0 Å². The minimum absolute atomic E-state index is 0.0820. The Labute approximate surface area is 186 Å². The minimum Gasteiger partial charge on any atom is -0.497 e. The lowest BCUT2D eigenvalue weighted by molar-refractivity contribution is 0.0586. The van der Waals surface area contributed by atoms with Crippen molar-refractivity contribution in [3.63, 3.8) is 0 Å². The average molecular weight is 445 g/mol. The second-order valence-corrected chi connectivity index (χ2v) is 10.8. The van der Waals surface area contributed by atoms with Gasteiger partial charge in [-0.3, -0.25) is 9.11 Å². The number of aliphatic hydroxyl groups excluding tert-OH is 1. The Kier molecular flexibility index (Phi) is 5.35. The van der Waals surface area contributed by atoms with E-state index in [1.807, 2.05) is 12.1 Å². The fourth-order valence-corrected chi connectivity index (χ4v) is 6.32. The number of allylic oxidation sites excluding steroid dienone is 1. The molecular weight excluding hydrogens is 412 g/mol. The highest BCUT2D eigenvalue weighted by Gasteiger charge is 2.47. The Hall–Kier alpha value is -1.90. The number of nitrogens with one attached hydrogen (secondary N) is 2. The molecule has 5 rings (SSSR count). The van der Waals surface area contributed by atoms with Gasteiger partial charge in [0, 0.05) is 31.0 Å². The van der Waals surface area contributed by atoms with Crippen LogP contribution in [0.15, 0.2) is 39.9 Å². The number of aliphatic imine (C=N–C) groups is 1. The van der Waals surface area contributed by atoms with Crippen molar-refractivity contribution in [2.75, 3.05) is 32.6 Å². The number of hydrogen-bond donors (Lipinski definition) is 3. The van der Waals surface area contributed by atoms with E-state index in [-0.39, 0.29) is 12.1 Å². The average Bonchev–Trinajstić information content (AvgIpc) is 3.48. The van der Waals surface area contributed by atoms with Gasteiger partial charge in [0.05, 0.1) is 35.0 Å². The molecule has 1 saturated carbocycles. The van der Waals surface area contributed by atoms with E-state index >= 15 is 0 Å². The highest BCUT2D eigenvalue weighted by Crippen LogP contribution is 2.39. The Morgan fingerprint density at radius 3 is 2.61 bits per heavy atom. The van der Waals surface area contributed by atoms with E-state index in [2.05, 4.69) is 34.6 Å². The van der Waals surface area contributed by atoms with Crippen molar-refractivity contribution in [1.29, 1.82) is 0 Å². The van der Waals surface area contributed by atoms with Gasteiger partial charge in [0.15, 0.2) is 5.79 Å². The van der Waals surface area contributed by atoms with Gasteiger partial charge in [-0.05, 0) is 56.2 Å². The number of piperidine rings is 1. The van der Waals surface area contributed by atoms with Gasteiger partial charge in [-0.25, -0.2) is 4.99 Å². The molecule has 1 aliphatic carbocycles. The zero-order valence-corrected chi connectivity index (χ0v) is 19.1. The maximum atomic E-state index is 12.7. The molecule has 0 amide bonds. The number of methoxy groups -OCH3 is 1. The molecule has 3 heterocycles. The van der Waals surface area contributed by atoms with E-state index in [0.29, 0.717) is 11.7 Å². The van der Waals surface area contributed by atoms with Crippen LogP contribution < -0.4 is 15.4 Å². The number of likely N-dealkylation sites (tertiary alicyclic amines) is 1. The number of benzene rings is 1. The van der Waals surface area contributed by atoms with Gasteiger partial charge in [0.1, 0.15) is 11.6 Å². The van der Waals surface area contributed by atoms with Crippen LogP contribution in [0.3, 0.4) is 0 Å². The van der Waals surface area contributed by atoms with Crippen LogP contribution in [0, 0.1) is 0 Å². The second-order valence-electron chi connectivity index (χ2n) is 9.31. The monoisotopic (exact) mass is 444 g/mol. The normalized spacial score (nSPS) is 30.4. The van der Waals surface area contributed by atoms with E-state index in [1.165, 1.54) is 5.56 Å². The largest absolute Gasteiger partial charge is 0.497 e. The molecule has 2 unspecified atom stereocenters. The quantitative estimate of drug-likeness (QED) is 0.644. The van der Waals surface area contributed by atoms with E-state index in [9.17, 15) is 9.32 Å². The molecule has 2 atom stereocenters. The molecule has 1 saturated heterocycles. The molecule has 7 nitrogen and oxygen atoms in total. The van der Waals surface area contributed by atoms with Crippen LogP contribution in [0.5, 0.6) is 5.75 Å². The molecule has 0 bridgehead atoms. The molecule has 31 heavy (non-hydrogen) atoms. The summed E-state index contributed by atoms with van der Waals surface area (Å²) in [6.45, 7) is 4.08. The van der Waals surface area contributed by atoms with Crippen LogP contribution in [0.1, 0.15) is 50.5 Å². The molecule has 8 heteroatoms. The summed E-state index contributed by atoms with van der Waals surface area (Å²) in [7, 11) is 0.659. The van der Waals surface area contributed by atoms with Crippen molar-refractivity contribution in [2.45, 2.75) is 56.3 Å². The molecule has 2 fully saturated rings. The maximum Gasteiger partial charge on any atom is 0.186 e. The summed E-state index contributed by atoms with van der Waals surface area (Å²) in [5.41, 5.74) is 2.12. The van der Waals surface area contributed by atoms with Crippen LogP contribution in [0.25, 0.3) is 0 Å². The Morgan fingerprint density at radius 2 is 2.00 bits per heavy atom. The summed E-state index contributed by atoms with van der Waals surface area (Å²) in [5, 5.41) is 16.9. The first-order valence-electron chi connectivity index (χ1n) is 11.2. The molecule has 1 aromatic rings. The number of ether oxygens (including phenoxy) is 1. The third-order valence-corrected chi connectivity index (χ3v) is 8.68. The maximum absolute atomic E-state index is 12.7. The van der Waals surface area contributed by atoms with E-state index < -0.39 is 16.6 Å². The van der Waals surface area contributed by atoms with E-state index in [0.717, 1.165) is 67.4 Å². The molecule has 0 spiro atoms. The summed E-state index contributed by atoms with van der Waals surface area (Å²) in [5.74, 6) is 2.22. The predicted molar refractivity (Wildman–Crippen MR) is 122 cm³/mol. The highest BCUT2D eigenvalue weighted by atomic mass is 32.2. The van der Waals surface area contributed by atoms with Crippen LogP contribution in [-0.2, 0) is 10.8 Å².